The molecule has 0 spiro atoms. The summed E-state index contributed by atoms with van der Waals surface area (Å²) in [5.74, 6) is 0.687. The lowest BCUT2D eigenvalue weighted by atomic mass is 10.4. The molecule has 8 heteroatoms. The first kappa shape index (κ1) is 14.9. The number of hydrogen-bond acceptors (Lipinski definition) is 4. The van der Waals surface area contributed by atoms with Crippen molar-refractivity contribution in [2.75, 3.05) is 11.9 Å². The molecule has 0 bridgehead atoms. The van der Waals surface area contributed by atoms with Crippen LogP contribution >= 0.6 is 22.6 Å². The molecule has 0 radical (unpaired) electrons. The summed E-state index contributed by atoms with van der Waals surface area (Å²) >= 11 is 2.06. The summed E-state index contributed by atoms with van der Waals surface area (Å²) in [5.41, 5.74) is 0.663. The van der Waals surface area contributed by atoms with Crippen molar-refractivity contribution >= 4 is 28.3 Å². The van der Waals surface area contributed by atoms with E-state index in [1.807, 2.05) is 12.1 Å². The summed E-state index contributed by atoms with van der Waals surface area (Å²) in [4.78, 5) is 3.78. The van der Waals surface area contributed by atoms with Gasteiger partial charge >= 0.3 is 6.18 Å². The second-order valence-electron chi connectivity index (χ2n) is 3.85. The molecule has 0 unspecified atom stereocenters. The Morgan fingerprint density at radius 2 is 2.05 bits per heavy atom. The van der Waals surface area contributed by atoms with E-state index in [9.17, 15) is 13.2 Å². The van der Waals surface area contributed by atoms with E-state index in [1.54, 1.807) is 6.07 Å². The number of furan rings is 1. The van der Waals surface area contributed by atoms with E-state index in [2.05, 4.69) is 37.6 Å². The summed E-state index contributed by atoms with van der Waals surface area (Å²) in [6.45, 7) is -0.884. The van der Waals surface area contributed by atoms with Crippen LogP contribution in [-0.4, -0.2) is 17.8 Å². The second-order valence-corrected chi connectivity index (χ2v) is 4.91. The van der Waals surface area contributed by atoms with Gasteiger partial charge in [0.25, 0.3) is 0 Å². The number of pyridine rings is 1. The number of rotatable bonds is 5. The highest BCUT2D eigenvalue weighted by atomic mass is 127. The van der Waals surface area contributed by atoms with Crippen LogP contribution in [0, 0.1) is 3.77 Å². The van der Waals surface area contributed by atoms with Crippen LogP contribution in [0.15, 0.2) is 34.9 Å². The lowest BCUT2D eigenvalue weighted by molar-refractivity contribution is -0.154. The van der Waals surface area contributed by atoms with Gasteiger partial charge in [0.15, 0.2) is 10.4 Å². The molecule has 0 amide bonds. The number of anilines is 1. The molecule has 4 nitrogen and oxygen atoms in total. The average molecular weight is 398 g/mol. The van der Waals surface area contributed by atoms with Crippen LogP contribution in [-0.2, 0) is 6.54 Å². The molecule has 0 fully saturated rings. The van der Waals surface area contributed by atoms with Crippen molar-refractivity contribution in [2.24, 2.45) is 0 Å². The summed E-state index contributed by atoms with van der Waals surface area (Å²) in [7, 11) is 0. The standard InChI is InChI=1S/C12H10F3IN2O2/c13-12(14,15)7-19-11-4-1-8(5-18-11)17-6-9-2-3-10(16)20-9/h1-5,17H,6-7H2. The quantitative estimate of drug-likeness (QED) is 0.778. The summed E-state index contributed by atoms with van der Waals surface area (Å²) in [6, 6.07) is 6.64. The first-order valence-corrected chi connectivity index (χ1v) is 6.64. The highest BCUT2D eigenvalue weighted by Gasteiger charge is 2.28. The monoisotopic (exact) mass is 398 g/mol. The van der Waals surface area contributed by atoms with Crippen LogP contribution in [0.1, 0.15) is 5.76 Å². The van der Waals surface area contributed by atoms with Crippen LogP contribution < -0.4 is 10.1 Å². The topological polar surface area (TPSA) is 47.3 Å². The fourth-order valence-electron chi connectivity index (χ4n) is 1.36. The zero-order chi connectivity index (χ0) is 14.6. The molecule has 0 saturated carbocycles. The van der Waals surface area contributed by atoms with Crippen molar-refractivity contribution in [3.63, 3.8) is 0 Å². The molecule has 2 heterocycles. The van der Waals surface area contributed by atoms with Crippen LogP contribution in [0.2, 0.25) is 0 Å². The molecule has 108 valence electrons. The van der Waals surface area contributed by atoms with E-state index in [-0.39, 0.29) is 5.88 Å². The molecule has 2 aromatic rings. The molecule has 0 aromatic carbocycles. The maximum absolute atomic E-state index is 12.0. The number of ether oxygens (including phenoxy) is 1. The molecule has 0 saturated heterocycles. The van der Waals surface area contributed by atoms with Gasteiger partial charge in [0.2, 0.25) is 5.88 Å². The van der Waals surface area contributed by atoms with Gasteiger partial charge in [-0.05, 0) is 40.8 Å². The largest absolute Gasteiger partial charge is 0.468 e. The van der Waals surface area contributed by atoms with Crippen molar-refractivity contribution in [3.8, 4) is 5.88 Å². The predicted molar refractivity (Wildman–Crippen MR) is 74.5 cm³/mol. The third-order valence-corrected chi connectivity index (χ3v) is 2.80. The number of aromatic nitrogens is 1. The number of alkyl halides is 3. The van der Waals surface area contributed by atoms with Gasteiger partial charge < -0.3 is 14.5 Å². The molecule has 0 atom stereocenters. The highest BCUT2D eigenvalue weighted by Crippen LogP contribution is 2.18. The fraction of sp³-hybridized carbons (Fsp3) is 0.250. The van der Waals surface area contributed by atoms with Gasteiger partial charge in [-0.15, -0.1) is 0 Å². The van der Waals surface area contributed by atoms with Crippen molar-refractivity contribution in [1.82, 2.24) is 4.98 Å². The third kappa shape index (κ3) is 4.91. The molecule has 2 aromatic heterocycles. The van der Waals surface area contributed by atoms with Crippen LogP contribution in [0.25, 0.3) is 0 Å². The van der Waals surface area contributed by atoms with Gasteiger partial charge in [0.1, 0.15) is 5.76 Å². The number of halogens is 4. The van der Waals surface area contributed by atoms with Gasteiger partial charge in [0, 0.05) is 6.07 Å². The number of hydrogen-bond donors (Lipinski definition) is 1. The van der Waals surface area contributed by atoms with E-state index in [0.29, 0.717) is 12.2 Å². The minimum atomic E-state index is -4.37. The molecule has 1 N–H and O–H groups in total. The van der Waals surface area contributed by atoms with E-state index >= 15 is 0 Å². The Morgan fingerprint density at radius 1 is 1.25 bits per heavy atom. The Bertz CT molecular complexity index is 555. The maximum atomic E-state index is 12.0. The smallest absolute Gasteiger partial charge is 0.422 e. The van der Waals surface area contributed by atoms with Gasteiger partial charge in [-0.3, -0.25) is 0 Å². The maximum Gasteiger partial charge on any atom is 0.422 e. The van der Waals surface area contributed by atoms with Crippen molar-refractivity contribution in [2.45, 2.75) is 12.7 Å². The van der Waals surface area contributed by atoms with E-state index < -0.39 is 12.8 Å². The Kier molecular flexibility index (Phi) is 4.73. The zero-order valence-electron chi connectivity index (χ0n) is 10.1. The van der Waals surface area contributed by atoms with Crippen LogP contribution in [0.4, 0.5) is 18.9 Å². The van der Waals surface area contributed by atoms with Crippen molar-refractivity contribution in [1.29, 1.82) is 0 Å². The number of nitrogens with zero attached hydrogens (tertiary/aromatic N) is 1. The van der Waals surface area contributed by atoms with E-state index in [0.717, 1.165) is 9.53 Å². The minimum absolute atomic E-state index is 0.0691. The molecule has 0 aliphatic carbocycles. The lowest BCUT2D eigenvalue weighted by Crippen LogP contribution is -2.19. The first-order valence-electron chi connectivity index (χ1n) is 5.56. The van der Waals surface area contributed by atoms with Gasteiger partial charge in [0.05, 0.1) is 18.4 Å². The van der Waals surface area contributed by atoms with Crippen molar-refractivity contribution < 1.29 is 22.3 Å². The first-order chi connectivity index (χ1) is 9.42. The Labute approximate surface area is 126 Å². The normalized spacial score (nSPS) is 11.4. The SMILES string of the molecule is FC(F)(F)COc1ccc(NCc2ccc(I)o2)cn1. The molecule has 0 aliphatic heterocycles. The molecule has 2 rings (SSSR count). The highest BCUT2D eigenvalue weighted by molar-refractivity contribution is 14.1. The average Bonchev–Trinajstić information content (AvgIpc) is 2.80. The fourth-order valence-corrected chi connectivity index (χ4v) is 1.82. The third-order valence-electron chi connectivity index (χ3n) is 2.22. The predicted octanol–water partition coefficient (Wildman–Crippen LogP) is 3.83. The molecular weight excluding hydrogens is 388 g/mol. The van der Waals surface area contributed by atoms with E-state index in [1.165, 1.54) is 12.3 Å². The van der Waals surface area contributed by atoms with Gasteiger partial charge in [-0.1, -0.05) is 0 Å². The lowest BCUT2D eigenvalue weighted by Gasteiger charge is -2.09. The van der Waals surface area contributed by atoms with Gasteiger partial charge in [-0.25, -0.2) is 4.98 Å². The second kappa shape index (κ2) is 6.33. The zero-order valence-corrected chi connectivity index (χ0v) is 12.2. The molecule has 0 aliphatic rings. The molecule has 20 heavy (non-hydrogen) atoms. The summed E-state index contributed by atoms with van der Waals surface area (Å²) in [6.07, 6.45) is -2.96. The minimum Gasteiger partial charge on any atom is -0.468 e. The van der Waals surface area contributed by atoms with E-state index in [4.69, 9.17) is 4.42 Å². The summed E-state index contributed by atoms with van der Waals surface area (Å²) < 4.78 is 46.5. The van der Waals surface area contributed by atoms with Crippen LogP contribution in [0.3, 0.4) is 0 Å². The Morgan fingerprint density at radius 3 is 2.60 bits per heavy atom. The Hall–Kier alpha value is -1.45. The van der Waals surface area contributed by atoms with Crippen molar-refractivity contribution in [3.05, 3.63) is 40.0 Å². The summed E-state index contributed by atoms with van der Waals surface area (Å²) in [5, 5.41) is 3.04. The number of nitrogens with one attached hydrogen (secondary N) is 1. The Balaban J connectivity index is 1.85. The molecular formula is C12H10F3IN2O2. The van der Waals surface area contributed by atoms with Crippen LogP contribution in [0.5, 0.6) is 5.88 Å². The van der Waals surface area contributed by atoms with Gasteiger partial charge in [-0.2, -0.15) is 13.2 Å².